The van der Waals surface area contributed by atoms with Crippen molar-refractivity contribution in [1.82, 2.24) is 0 Å². The first-order valence-electron chi connectivity index (χ1n) is 10.3. The van der Waals surface area contributed by atoms with Gasteiger partial charge in [0.15, 0.2) is 0 Å². The van der Waals surface area contributed by atoms with Crippen LogP contribution in [-0.4, -0.2) is 24.3 Å². The number of nitrogens with one attached hydrogen (secondary N) is 2. The fraction of sp³-hybridized carbons (Fsp3) is 0.375. The van der Waals surface area contributed by atoms with E-state index >= 15 is 0 Å². The number of carbonyl (C=O) groups is 3. The van der Waals surface area contributed by atoms with Gasteiger partial charge in [0.05, 0.1) is 5.92 Å². The third kappa shape index (κ3) is 5.26. The zero-order valence-corrected chi connectivity index (χ0v) is 18.0. The summed E-state index contributed by atoms with van der Waals surface area (Å²) in [6.45, 7) is 8.32. The van der Waals surface area contributed by atoms with Crippen molar-refractivity contribution in [2.45, 2.75) is 40.5 Å². The molecule has 2 aromatic carbocycles. The van der Waals surface area contributed by atoms with Crippen molar-refractivity contribution in [3.05, 3.63) is 53.6 Å². The molecule has 2 aromatic rings. The Labute approximate surface area is 177 Å². The lowest BCUT2D eigenvalue weighted by Crippen LogP contribution is -2.28. The SMILES string of the molecule is Cc1ccc(C)c(N2CC(C(=O)Nc3ccc(NC(=O)CC(C)C)cc3)CC2=O)c1. The van der Waals surface area contributed by atoms with Gasteiger partial charge in [-0.2, -0.15) is 0 Å². The molecule has 3 amide bonds. The monoisotopic (exact) mass is 407 g/mol. The Morgan fingerprint density at radius 3 is 2.30 bits per heavy atom. The molecule has 30 heavy (non-hydrogen) atoms. The summed E-state index contributed by atoms with van der Waals surface area (Å²) in [5.74, 6) is -0.346. The van der Waals surface area contributed by atoms with Crippen LogP contribution in [0.5, 0.6) is 0 Å². The fourth-order valence-electron chi connectivity index (χ4n) is 3.59. The first kappa shape index (κ1) is 21.6. The smallest absolute Gasteiger partial charge is 0.229 e. The van der Waals surface area contributed by atoms with Crippen LogP contribution in [0.25, 0.3) is 0 Å². The number of hydrogen-bond donors (Lipinski definition) is 2. The Hall–Kier alpha value is -3.15. The number of nitrogens with zero attached hydrogens (tertiary/aromatic N) is 1. The van der Waals surface area contributed by atoms with E-state index in [0.717, 1.165) is 16.8 Å². The van der Waals surface area contributed by atoms with Crippen LogP contribution in [0, 0.1) is 25.7 Å². The molecule has 1 unspecified atom stereocenters. The molecular weight excluding hydrogens is 378 g/mol. The Kier molecular flexibility index (Phi) is 6.55. The van der Waals surface area contributed by atoms with E-state index in [1.807, 2.05) is 45.9 Å². The van der Waals surface area contributed by atoms with E-state index in [2.05, 4.69) is 10.6 Å². The van der Waals surface area contributed by atoms with E-state index in [-0.39, 0.29) is 24.1 Å². The lowest BCUT2D eigenvalue weighted by Gasteiger charge is -2.19. The maximum atomic E-state index is 12.7. The molecule has 6 heteroatoms. The lowest BCUT2D eigenvalue weighted by atomic mass is 10.1. The summed E-state index contributed by atoms with van der Waals surface area (Å²) >= 11 is 0. The number of anilines is 3. The Morgan fingerprint density at radius 2 is 1.67 bits per heavy atom. The summed E-state index contributed by atoms with van der Waals surface area (Å²) in [6, 6.07) is 13.0. The highest BCUT2D eigenvalue weighted by Gasteiger charge is 2.35. The second kappa shape index (κ2) is 9.11. The van der Waals surface area contributed by atoms with Gasteiger partial charge in [0.1, 0.15) is 0 Å². The summed E-state index contributed by atoms with van der Waals surface area (Å²) in [4.78, 5) is 38.8. The Balaban J connectivity index is 1.60. The molecule has 0 spiro atoms. The van der Waals surface area contributed by atoms with Gasteiger partial charge >= 0.3 is 0 Å². The average molecular weight is 408 g/mol. The van der Waals surface area contributed by atoms with E-state index in [1.54, 1.807) is 29.2 Å². The van der Waals surface area contributed by atoms with Gasteiger partial charge in [-0.25, -0.2) is 0 Å². The number of benzene rings is 2. The molecule has 1 saturated heterocycles. The number of hydrogen-bond acceptors (Lipinski definition) is 3. The molecule has 158 valence electrons. The third-order valence-electron chi connectivity index (χ3n) is 5.18. The molecular formula is C24H29N3O3. The molecule has 0 radical (unpaired) electrons. The molecule has 1 fully saturated rings. The summed E-state index contributed by atoms with van der Waals surface area (Å²) < 4.78 is 0. The van der Waals surface area contributed by atoms with Gasteiger partial charge in [0.25, 0.3) is 0 Å². The van der Waals surface area contributed by atoms with Crippen molar-refractivity contribution < 1.29 is 14.4 Å². The van der Waals surface area contributed by atoms with Crippen LogP contribution in [0.3, 0.4) is 0 Å². The highest BCUT2D eigenvalue weighted by atomic mass is 16.2. The van der Waals surface area contributed by atoms with Gasteiger partial charge in [0, 0.05) is 36.4 Å². The zero-order valence-electron chi connectivity index (χ0n) is 18.0. The molecule has 0 saturated carbocycles. The van der Waals surface area contributed by atoms with Gasteiger partial charge in [-0.15, -0.1) is 0 Å². The third-order valence-corrected chi connectivity index (χ3v) is 5.18. The minimum atomic E-state index is -0.400. The van der Waals surface area contributed by atoms with Crippen LogP contribution in [0.2, 0.25) is 0 Å². The minimum absolute atomic E-state index is 0.0298. The number of aryl methyl sites for hydroxylation is 2. The second-order valence-corrected chi connectivity index (χ2v) is 8.41. The molecule has 2 N–H and O–H groups in total. The number of amides is 3. The van der Waals surface area contributed by atoms with Crippen LogP contribution in [0.1, 0.15) is 37.8 Å². The van der Waals surface area contributed by atoms with E-state index in [9.17, 15) is 14.4 Å². The van der Waals surface area contributed by atoms with Crippen LogP contribution in [0.15, 0.2) is 42.5 Å². The molecule has 1 atom stereocenters. The molecule has 0 bridgehead atoms. The van der Waals surface area contributed by atoms with Gasteiger partial charge in [0.2, 0.25) is 17.7 Å². The molecule has 6 nitrogen and oxygen atoms in total. The van der Waals surface area contributed by atoms with Crippen molar-refractivity contribution in [3.8, 4) is 0 Å². The van der Waals surface area contributed by atoms with Crippen LogP contribution in [0.4, 0.5) is 17.1 Å². The van der Waals surface area contributed by atoms with E-state index < -0.39 is 5.92 Å². The standard InChI is InChI=1S/C24H29N3O3/c1-15(2)11-22(28)25-19-7-9-20(10-8-19)26-24(30)18-13-23(29)27(14-18)21-12-16(3)5-6-17(21)4/h5-10,12,15,18H,11,13-14H2,1-4H3,(H,25,28)(H,26,30). The van der Waals surface area contributed by atoms with Crippen LogP contribution < -0.4 is 15.5 Å². The fourth-order valence-corrected chi connectivity index (χ4v) is 3.59. The van der Waals surface area contributed by atoms with E-state index in [4.69, 9.17) is 0 Å². The Morgan fingerprint density at radius 1 is 1.03 bits per heavy atom. The number of rotatable bonds is 6. The summed E-state index contributed by atoms with van der Waals surface area (Å²) in [5.41, 5.74) is 4.30. The lowest BCUT2D eigenvalue weighted by molar-refractivity contribution is -0.122. The molecule has 0 aliphatic carbocycles. The molecule has 0 aromatic heterocycles. The predicted molar refractivity (Wildman–Crippen MR) is 120 cm³/mol. The van der Waals surface area contributed by atoms with E-state index in [0.29, 0.717) is 30.3 Å². The molecule has 1 aliphatic heterocycles. The maximum Gasteiger partial charge on any atom is 0.229 e. The molecule has 3 rings (SSSR count). The normalized spacial score (nSPS) is 16.1. The topological polar surface area (TPSA) is 78.5 Å². The average Bonchev–Trinajstić information content (AvgIpc) is 3.06. The van der Waals surface area contributed by atoms with Gasteiger partial charge in [-0.1, -0.05) is 26.0 Å². The van der Waals surface area contributed by atoms with Gasteiger partial charge in [-0.05, 0) is 61.2 Å². The highest BCUT2D eigenvalue weighted by Crippen LogP contribution is 2.29. The summed E-state index contributed by atoms with van der Waals surface area (Å²) in [7, 11) is 0. The van der Waals surface area contributed by atoms with E-state index in [1.165, 1.54) is 0 Å². The van der Waals surface area contributed by atoms with Crippen molar-refractivity contribution in [2.75, 3.05) is 22.1 Å². The summed E-state index contributed by atoms with van der Waals surface area (Å²) in [6.07, 6.45) is 0.660. The van der Waals surface area contributed by atoms with Crippen molar-refractivity contribution >= 4 is 34.8 Å². The first-order valence-corrected chi connectivity index (χ1v) is 10.3. The van der Waals surface area contributed by atoms with Gasteiger partial charge < -0.3 is 15.5 Å². The molecule has 1 heterocycles. The zero-order chi connectivity index (χ0) is 21.8. The first-order chi connectivity index (χ1) is 14.2. The predicted octanol–water partition coefficient (Wildman–Crippen LogP) is 4.28. The highest BCUT2D eigenvalue weighted by molar-refractivity contribution is 6.04. The van der Waals surface area contributed by atoms with Crippen LogP contribution in [-0.2, 0) is 14.4 Å². The van der Waals surface area contributed by atoms with Crippen molar-refractivity contribution in [2.24, 2.45) is 11.8 Å². The maximum absolute atomic E-state index is 12.7. The van der Waals surface area contributed by atoms with Gasteiger partial charge in [-0.3, -0.25) is 14.4 Å². The van der Waals surface area contributed by atoms with Crippen molar-refractivity contribution in [1.29, 1.82) is 0 Å². The quantitative estimate of drug-likeness (QED) is 0.750. The second-order valence-electron chi connectivity index (χ2n) is 8.41. The largest absolute Gasteiger partial charge is 0.326 e. The van der Waals surface area contributed by atoms with Crippen LogP contribution >= 0.6 is 0 Å². The molecule has 1 aliphatic rings. The Bertz CT molecular complexity index is 951. The minimum Gasteiger partial charge on any atom is -0.326 e. The van der Waals surface area contributed by atoms with Crippen molar-refractivity contribution in [3.63, 3.8) is 0 Å². The number of carbonyl (C=O) groups excluding carboxylic acids is 3. The summed E-state index contributed by atoms with van der Waals surface area (Å²) in [5, 5.41) is 5.73.